The fraction of sp³-hybridized carbons (Fsp3) is 0.188. The van der Waals surface area contributed by atoms with Crippen LogP contribution in [0.4, 0.5) is 0 Å². The molecule has 2 aromatic carbocycles. The number of oxazole rings is 1. The van der Waals surface area contributed by atoms with Crippen LogP contribution in [-0.2, 0) is 6.42 Å². The van der Waals surface area contributed by atoms with E-state index in [2.05, 4.69) is 4.98 Å². The highest BCUT2D eigenvalue weighted by Crippen LogP contribution is 2.27. The molecule has 3 aromatic rings. The van der Waals surface area contributed by atoms with Crippen LogP contribution in [0, 0.1) is 6.92 Å². The smallest absolute Gasteiger partial charge is 0.198 e. The molecule has 3 nitrogen and oxygen atoms in total. The number of aliphatic hydroxyl groups excluding tert-OH is 1. The van der Waals surface area contributed by atoms with Crippen LogP contribution in [0.3, 0.4) is 0 Å². The van der Waals surface area contributed by atoms with Gasteiger partial charge in [-0.15, -0.1) is 0 Å². The van der Waals surface area contributed by atoms with Crippen LogP contribution >= 0.6 is 11.6 Å². The quantitative estimate of drug-likeness (QED) is 0.790. The van der Waals surface area contributed by atoms with Crippen molar-refractivity contribution in [1.29, 1.82) is 0 Å². The van der Waals surface area contributed by atoms with Crippen LogP contribution in [0.15, 0.2) is 46.9 Å². The van der Waals surface area contributed by atoms with Crippen molar-refractivity contribution in [1.82, 2.24) is 4.98 Å². The zero-order chi connectivity index (χ0) is 14.1. The van der Waals surface area contributed by atoms with E-state index in [9.17, 15) is 5.11 Å². The molecule has 20 heavy (non-hydrogen) atoms. The number of halogens is 1. The van der Waals surface area contributed by atoms with E-state index in [1.54, 1.807) is 0 Å². The Balaban J connectivity index is 1.88. The zero-order valence-corrected chi connectivity index (χ0v) is 11.8. The molecule has 0 aliphatic rings. The Morgan fingerprint density at radius 3 is 2.80 bits per heavy atom. The molecule has 0 saturated heterocycles. The van der Waals surface area contributed by atoms with Crippen LogP contribution in [0.5, 0.6) is 0 Å². The summed E-state index contributed by atoms with van der Waals surface area (Å²) in [5, 5.41) is 11.0. The van der Waals surface area contributed by atoms with E-state index in [1.165, 1.54) is 0 Å². The molecule has 3 rings (SSSR count). The van der Waals surface area contributed by atoms with E-state index in [0.717, 1.165) is 22.2 Å². The lowest BCUT2D eigenvalue weighted by Crippen LogP contribution is -2.04. The van der Waals surface area contributed by atoms with Crippen molar-refractivity contribution < 1.29 is 9.52 Å². The number of hydrogen-bond donors (Lipinski definition) is 1. The van der Waals surface area contributed by atoms with Gasteiger partial charge in [-0.1, -0.05) is 35.9 Å². The van der Waals surface area contributed by atoms with Gasteiger partial charge in [0.05, 0.1) is 12.5 Å². The number of para-hydroxylation sites is 2. The van der Waals surface area contributed by atoms with Gasteiger partial charge in [-0.2, -0.15) is 0 Å². The van der Waals surface area contributed by atoms with Crippen molar-refractivity contribution in [2.75, 3.05) is 0 Å². The number of fused-ring (bicyclic) bond motifs is 1. The maximum absolute atomic E-state index is 10.3. The predicted octanol–water partition coefficient (Wildman–Crippen LogP) is 4.07. The van der Waals surface area contributed by atoms with E-state index < -0.39 is 6.10 Å². The first kappa shape index (κ1) is 13.2. The number of nitrogens with zero attached hydrogens (tertiary/aromatic N) is 1. The monoisotopic (exact) mass is 287 g/mol. The van der Waals surface area contributed by atoms with Crippen LogP contribution in [-0.4, -0.2) is 10.1 Å². The Bertz CT molecular complexity index is 718. The van der Waals surface area contributed by atoms with Gasteiger partial charge < -0.3 is 9.52 Å². The topological polar surface area (TPSA) is 46.3 Å². The Labute approximate surface area is 121 Å². The van der Waals surface area contributed by atoms with E-state index in [4.69, 9.17) is 16.0 Å². The maximum atomic E-state index is 10.3. The number of hydrogen-bond acceptors (Lipinski definition) is 3. The van der Waals surface area contributed by atoms with Crippen molar-refractivity contribution in [2.45, 2.75) is 19.4 Å². The molecule has 1 heterocycles. The minimum atomic E-state index is -0.679. The lowest BCUT2D eigenvalue weighted by Gasteiger charge is -2.12. The molecule has 1 N–H and O–H groups in total. The number of rotatable bonds is 3. The molecule has 0 aliphatic heterocycles. The van der Waals surface area contributed by atoms with Gasteiger partial charge in [0.1, 0.15) is 5.52 Å². The molecule has 1 atom stereocenters. The molecule has 0 fully saturated rings. The lowest BCUT2D eigenvalue weighted by molar-refractivity contribution is 0.168. The minimum absolute atomic E-state index is 0.329. The van der Waals surface area contributed by atoms with Gasteiger partial charge in [0.2, 0.25) is 0 Å². The molecule has 102 valence electrons. The molecule has 4 heteroatoms. The lowest BCUT2D eigenvalue weighted by atomic mass is 10.0. The van der Waals surface area contributed by atoms with Crippen LogP contribution < -0.4 is 0 Å². The van der Waals surface area contributed by atoms with Crippen LogP contribution in [0.2, 0.25) is 5.02 Å². The van der Waals surface area contributed by atoms with Crippen molar-refractivity contribution in [3.05, 3.63) is 64.5 Å². The molecule has 0 bridgehead atoms. The Kier molecular flexibility index (Phi) is 3.47. The normalized spacial score (nSPS) is 12.8. The molecule has 0 aliphatic carbocycles. The van der Waals surface area contributed by atoms with Crippen molar-refractivity contribution in [3.8, 4) is 0 Å². The summed E-state index contributed by atoms with van der Waals surface area (Å²) < 4.78 is 5.63. The third kappa shape index (κ3) is 2.42. The highest BCUT2D eigenvalue weighted by Gasteiger charge is 2.16. The molecule has 0 amide bonds. The van der Waals surface area contributed by atoms with Gasteiger partial charge in [-0.25, -0.2) is 4.98 Å². The van der Waals surface area contributed by atoms with Gasteiger partial charge in [-0.05, 0) is 36.2 Å². The van der Waals surface area contributed by atoms with Gasteiger partial charge >= 0.3 is 0 Å². The third-order valence-corrected chi connectivity index (χ3v) is 3.78. The average molecular weight is 288 g/mol. The molecular formula is C16H14ClNO2. The first-order chi connectivity index (χ1) is 9.65. The number of aliphatic hydroxyl groups is 1. The minimum Gasteiger partial charge on any atom is -0.441 e. The standard InChI is InChI=1S/C16H14ClNO2/c1-10-11(5-4-6-12(10)17)14(19)9-16-18-13-7-2-3-8-15(13)20-16/h2-8,14,19H,9H2,1H3. The Morgan fingerprint density at radius 1 is 1.20 bits per heavy atom. The summed E-state index contributed by atoms with van der Waals surface area (Å²) >= 11 is 6.07. The van der Waals surface area contributed by atoms with Crippen molar-refractivity contribution in [3.63, 3.8) is 0 Å². The van der Waals surface area contributed by atoms with E-state index in [1.807, 2.05) is 49.4 Å². The second-order valence-electron chi connectivity index (χ2n) is 4.75. The van der Waals surface area contributed by atoms with Gasteiger partial charge in [0.15, 0.2) is 11.5 Å². The molecule has 0 radical (unpaired) electrons. The van der Waals surface area contributed by atoms with Crippen molar-refractivity contribution in [2.24, 2.45) is 0 Å². The largest absolute Gasteiger partial charge is 0.441 e. The maximum Gasteiger partial charge on any atom is 0.198 e. The fourth-order valence-electron chi connectivity index (χ4n) is 2.27. The van der Waals surface area contributed by atoms with Gasteiger partial charge in [0, 0.05) is 5.02 Å². The van der Waals surface area contributed by atoms with Crippen LogP contribution in [0.25, 0.3) is 11.1 Å². The first-order valence-electron chi connectivity index (χ1n) is 6.42. The van der Waals surface area contributed by atoms with Gasteiger partial charge in [0.25, 0.3) is 0 Å². The van der Waals surface area contributed by atoms with Crippen LogP contribution in [0.1, 0.15) is 23.1 Å². The Morgan fingerprint density at radius 2 is 2.00 bits per heavy atom. The van der Waals surface area contributed by atoms with Crippen molar-refractivity contribution >= 4 is 22.7 Å². The summed E-state index contributed by atoms with van der Waals surface area (Å²) in [5.41, 5.74) is 3.23. The SMILES string of the molecule is Cc1c(Cl)cccc1C(O)Cc1nc2ccccc2o1. The summed E-state index contributed by atoms with van der Waals surface area (Å²) in [6, 6.07) is 13.1. The summed E-state index contributed by atoms with van der Waals surface area (Å²) in [6.45, 7) is 1.90. The highest BCUT2D eigenvalue weighted by molar-refractivity contribution is 6.31. The molecule has 0 saturated carbocycles. The van der Waals surface area contributed by atoms with Gasteiger partial charge in [-0.3, -0.25) is 0 Å². The zero-order valence-electron chi connectivity index (χ0n) is 11.0. The molecule has 1 aromatic heterocycles. The second-order valence-corrected chi connectivity index (χ2v) is 5.16. The fourth-order valence-corrected chi connectivity index (χ4v) is 2.45. The first-order valence-corrected chi connectivity index (χ1v) is 6.80. The summed E-state index contributed by atoms with van der Waals surface area (Å²) in [5.74, 6) is 0.526. The van der Waals surface area contributed by atoms with E-state index in [0.29, 0.717) is 17.3 Å². The summed E-state index contributed by atoms with van der Waals surface area (Å²) in [4.78, 5) is 4.37. The summed E-state index contributed by atoms with van der Waals surface area (Å²) in [7, 11) is 0. The summed E-state index contributed by atoms with van der Waals surface area (Å²) in [6.07, 6.45) is -0.350. The molecular weight excluding hydrogens is 274 g/mol. The third-order valence-electron chi connectivity index (χ3n) is 3.37. The number of aromatic nitrogens is 1. The highest BCUT2D eigenvalue weighted by atomic mass is 35.5. The molecule has 0 spiro atoms. The number of benzene rings is 2. The Hall–Kier alpha value is -1.84. The van der Waals surface area contributed by atoms with E-state index >= 15 is 0 Å². The second kappa shape index (κ2) is 5.27. The predicted molar refractivity (Wildman–Crippen MR) is 78.9 cm³/mol. The van der Waals surface area contributed by atoms with E-state index in [-0.39, 0.29) is 0 Å². The molecule has 1 unspecified atom stereocenters. The average Bonchev–Trinajstić information content (AvgIpc) is 2.83.